The summed E-state index contributed by atoms with van der Waals surface area (Å²) in [7, 11) is 1.65. The number of rotatable bonds is 7. The van der Waals surface area contributed by atoms with Gasteiger partial charge in [-0.05, 0) is 37.3 Å². The summed E-state index contributed by atoms with van der Waals surface area (Å²) in [4.78, 5) is 1.59. The molecule has 8 nitrogen and oxygen atoms in total. The second-order valence-electron chi connectivity index (χ2n) is 6.78. The SMILES string of the molecule is COc1ccc(-c2nnn(C(C)C)n2)cc1C=CCc1nnc(C(C)C)o1. The van der Waals surface area contributed by atoms with Crippen LogP contribution in [0, 0.1) is 0 Å². The molecule has 27 heavy (non-hydrogen) atoms. The van der Waals surface area contributed by atoms with E-state index in [2.05, 4.69) is 25.6 Å². The summed E-state index contributed by atoms with van der Waals surface area (Å²) in [6, 6.07) is 5.96. The highest BCUT2D eigenvalue weighted by Gasteiger charge is 2.11. The summed E-state index contributed by atoms with van der Waals surface area (Å²) in [5, 5.41) is 20.7. The van der Waals surface area contributed by atoms with Crippen LogP contribution in [0.4, 0.5) is 0 Å². The standard InChI is InChI=1S/C19H24N6O2/c1-12(2)19-22-20-17(27-19)8-6-7-14-11-15(9-10-16(14)26-5)18-21-24-25(23-18)13(3)4/h6-7,9-13H,8H2,1-5H3. The Morgan fingerprint density at radius 1 is 1.15 bits per heavy atom. The summed E-state index contributed by atoms with van der Waals surface area (Å²) in [5.74, 6) is 2.81. The maximum absolute atomic E-state index is 5.62. The largest absolute Gasteiger partial charge is 0.496 e. The van der Waals surface area contributed by atoms with E-state index < -0.39 is 0 Å². The van der Waals surface area contributed by atoms with Crippen molar-refractivity contribution in [3.05, 3.63) is 41.6 Å². The first kappa shape index (κ1) is 18.8. The molecule has 0 radical (unpaired) electrons. The van der Waals surface area contributed by atoms with Crippen LogP contribution in [-0.4, -0.2) is 37.5 Å². The number of benzene rings is 1. The molecule has 2 heterocycles. The number of nitrogens with zero attached hydrogens (tertiary/aromatic N) is 6. The average Bonchev–Trinajstić information content (AvgIpc) is 3.31. The first-order chi connectivity index (χ1) is 13.0. The van der Waals surface area contributed by atoms with Gasteiger partial charge in [0.05, 0.1) is 13.2 Å². The van der Waals surface area contributed by atoms with Gasteiger partial charge in [-0.3, -0.25) is 0 Å². The zero-order valence-electron chi connectivity index (χ0n) is 16.2. The minimum absolute atomic E-state index is 0.161. The third-order valence-electron chi connectivity index (χ3n) is 3.94. The lowest BCUT2D eigenvalue weighted by Gasteiger charge is -2.06. The van der Waals surface area contributed by atoms with E-state index in [1.54, 1.807) is 11.9 Å². The van der Waals surface area contributed by atoms with Gasteiger partial charge in [0.15, 0.2) is 0 Å². The Morgan fingerprint density at radius 3 is 2.59 bits per heavy atom. The molecule has 3 rings (SSSR count). The van der Waals surface area contributed by atoms with Crippen molar-refractivity contribution in [3.63, 3.8) is 0 Å². The Bertz CT molecular complexity index is 926. The van der Waals surface area contributed by atoms with Gasteiger partial charge in [-0.1, -0.05) is 26.0 Å². The molecule has 0 saturated carbocycles. The predicted molar refractivity (Wildman–Crippen MR) is 101 cm³/mol. The van der Waals surface area contributed by atoms with Gasteiger partial charge < -0.3 is 9.15 Å². The van der Waals surface area contributed by atoms with Crippen molar-refractivity contribution in [2.24, 2.45) is 0 Å². The molecule has 3 aromatic rings. The maximum atomic E-state index is 5.62. The number of aromatic nitrogens is 6. The number of tetrazole rings is 1. The van der Waals surface area contributed by atoms with E-state index in [1.165, 1.54) is 0 Å². The fourth-order valence-electron chi connectivity index (χ4n) is 2.43. The lowest BCUT2D eigenvalue weighted by Crippen LogP contribution is -2.04. The second kappa shape index (κ2) is 8.11. The Morgan fingerprint density at radius 2 is 1.96 bits per heavy atom. The van der Waals surface area contributed by atoms with Gasteiger partial charge >= 0.3 is 0 Å². The molecule has 0 aliphatic carbocycles. The molecular weight excluding hydrogens is 344 g/mol. The normalized spacial score (nSPS) is 11.8. The monoisotopic (exact) mass is 368 g/mol. The van der Waals surface area contributed by atoms with E-state index in [9.17, 15) is 0 Å². The molecule has 0 aliphatic rings. The van der Waals surface area contributed by atoms with Crippen LogP contribution in [0.15, 0.2) is 28.7 Å². The molecule has 1 aromatic carbocycles. The van der Waals surface area contributed by atoms with E-state index in [-0.39, 0.29) is 12.0 Å². The second-order valence-corrected chi connectivity index (χ2v) is 6.78. The molecule has 2 aromatic heterocycles. The van der Waals surface area contributed by atoms with E-state index in [0.29, 0.717) is 24.0 Å². The van der Waals surface area contributed by atoms with E-state index in [1.807, 2.05) is 58.0 Å². The number of ether oxygens (including phenoxy) is 1. The van der Waals surface area contributed by atoms with Crippen molar-refractivity contribution in [3.8, 4) is 17.1 Å². The molecule has 0 spiro atoms. The van der Waals surface area contributed by atoms with Gasteiger partial charge in [0.1, 0.15) is 5.75 Å². The minimum Gasteiger partial charge on any atom is -0.496 e. The Balaban J connectivity index is 1.80. The van der Waals surface area contributed by atoms with Crippen LogP contribution in [0.25, 0.3) is 17.5 Å². The molecule has 0 bridgehead atoms. The molecule has 0 fully saturated rings. The highest BCUT2D eigenvalue weighted by atomic mass is 16.5. The molecule has 0 N–H and O–H groups in total. The van der Waals surface area contributed by atoms with Crippen LogP contribution in [0.2, 0.25) is 0 Å². The maximum Gasteiger partial charge on any atom is 0.220 e. The lowest BCUT2D eigenvalue weighted by molar-refractivity contribution is 0.414. The molecule has 0 atom stereocenters. The molecular formula is C19H24N6O2. The number of hydrogen-bond donors (Lipinski definition) is 0. The molecule has 0 amide bonds. The van der Waals surface area contributed by atoms with Gasteiger partial charge in [0, 0.05) is 23.5 Å². The highest BCUT2D eigenvalue weighted by molar-refractivity contribution is 5.66. The fraction of sp³-hybridized carbons (Fsp3) is 0.421. The van der Waals surface area contributed by atoms with Gasteiger partial charge in [-0.2, -0.15) is 4.80 Å². The van der Waals surface area contributed by atoms with Gasteiger partial charge in [0.2, 0.25) is 17.6 Å². The van der Waals surface area contributed by atoms with Crippen LogP contribution in [0.5, 0.6) is 5.75 Å². The minimum atomic E-state index is 0.161. The molecule has 0 unspecified atom stereocenters. The topological polar surface area (TPSA) is 91.8 Å². The van der Waals surface area contributed by atoms with Gasteiger partial charge in [-0.15, -0.1) is 20.4 Å². The van der Waals surface area contributed by atoms with Crippen LogP contribution in [0.1, 0.15) is 57.0 Å². The van der Waals surface area contributed by atoms with Crippen molar-refractivity contribution < 1.29 is 9.15 Å². The first-order valence-corrected chi connectivity index (χ1v) is 8.94. The third kappa shape index (κ3) is 4.39. The van der Waals surface area contributed by atoms with Crippen molar-refractivity contribution >= 4 is 6.08 Å². The first-order valence-electron chi connectivity index (χ1n) is 8.94. The molecule has 0 aliphatic heterocycles. The van der Waals surface area contributed by atoms with Crippen molar-refractivity contribution in [2.75, 3.05) is 7.11 Å². The predicted octanol–water partition coefficient (Wildman–Crippen LogP) is 3.69. The summed E-state index contributed by atoms with van der Waals surface area (Å²) in [6.07, 6.45) is 4.49. The van der Waals surface area contributed by atoms with Crippen molar-refractivity contribution in [2.45, 2.75) is 46.1 Å². The number of hydrogen-bond acceptors (Lipinski definition) is 7. The molecule has 8 heteroatoms. The van der Waals surface area contributed by atoms with Crippen molar-refractivity contribution in [1.82, 2.24) is 30.4 Å². The quantitative estimate of drug-likeness (QED) is 0.628. The lowest BCUT2D eigenvalue weighted by atomic mass is 10.1. The molecule has 142 valence electrons. The molecule has 0 saturated heterocycles. The summed E-state index contributed by atoms with van der Waals surface area (Å²) in [6.45, 7) is 8.06. The summed E-state index contributed by atoms with van der Waals surface area (Å²) < 4.78 is 11.1. The fourth-order valence-corrected chi connectivity index (χ4v) is 2.43. The Kier molecular flexibility index (Phi) is 5.63. The number of allylic oxidation sites excluding steroid dienone is 1. The number of methoxy groups -OCH3 is 1. The summed E-state index contributed by atoms with van der Waals surface area (Å²) >= 11 is 0. The smallest absolute Gasteiger partial charge is 0.220 e. The zero-order valence-corrected chi connectivity index (χ0v) is 16.2. The Labute approximate surface area is 158 Å². The zero-order chi connectivity index (χ0) is 19.4. The van der Waals surface area contributed by atoms with Crippen molar-refractivity contribution in [1.29, 1.82) is 0 Å². The van der Waals surface area contributed by atoms with E-state index in [4.69, 9.17) is 9.15 Å². The van der Waals surface area contributed by atoms with Crippen LogP contribution >= 0.6 is 0 Å². The van der Waals surface area contributed by atoms with Gasteiger partial charge in [-0.25, -0.2) is 0 Å². The summed E-state index contributed by atoms with van der Waals surface area (Å²) in [5.41, 5.74) is 1.79. The highest BCUT2D eigenvalue weighted by Crippen LogP contribution is 2.26. The van der Waals surface area contributed by atoms with E-state index >= 15 is 0 Å². The Hall–Kier alpha value is -3.03. The van der Waals surface area contributed by atoms with E-state index in [0.717, 1.165) is 16.9 Å². The van der Waals surface area contributed by atoms with Crippen LogP contribution in [-0.2, 0) is 6.42 Å². The third-order valence-corrected chi connectivity index (χ3v) is 3.94. The van der Waals surface area contributed by atoms with Crippen LogP contribution < -0.4 is 4.74 Å². The average molecular weight is 368 g/mol. The van der Waals surface area contributed by atoms with Crippen LogP contribution in [0.3, 0.4) is 0 Å². The van der Waals surface area contributed by atoms with Gasteiger partial charge in [0.25, 0.3) is 0 Å².